The van der Waals surface area contributed by atoms with E-state index in [0.717, 1.165) is 0 Å². The number of pyridine rings is 1. The average molecular weight is 320 g/mol. The Labute approximate surface area is 130 Å². The first-order valence-electron chi connectivity index (χ1n) is 5.69. The van der Waals surface area contributed by atoms with Gasteiger partial charge in [0.25, 0.3) is 5.69 Å². The van der Waals surface area contributed by atoms with E-state index in [-0.39, 0.29) is 26.9 Å². The number of nitro benzene ring substituents is 1. The lowest BCUT2D eigenvalue weighted by molar-refractivity contribution is -0.385. The van der Waals surface area contributed by atoms with Crippen LogP contribution in [-0.2, 0) is 0 Å². The molecule has 2 rings (SSSR count). The maximum absolute atomic E-state index is 11.1. The van der Waals surface area contributed by atoms with E-state index < -0.39 is 4.92 Å². The molecule has 104 valence electrons. The molecule has 0 saturated heterocycles. The fourth-order valence-electron chi connectivity index (χ4n) is 1.74. The summed E-state index contributed by atoms with van der Waals surface area (Å²) in [5.41, 5.74) is 0.542. The van der Waals surface area contributed by atoms with Gasteiger partial charge in [0, 0.05) is 23.5 Å². The number of nitrogens with zero attached hydrogens (tertiary/aromatic N) is 3. The van der Waals surface area contributed by atoms with Gasteiger partial charge < -0.3 is 0 Å². The highest BCUT2D eigenvalue weighted by molar-refractivity contribution is 6.53. The normalized spacial score (nSPS) is 11.5. The van der Waals surface area contributed by atoms with Gasteiger partial charge in [-0.25, -0.2) is 0 Å². The van der Waals surface area contributed by atoms with E-state index in [1.807, 2.05) is 6.07 Å². The molecule has 0 aliphatic heterocycles. The number of nitro groups is 1. The van der Waals surface area contributed by atoms with Gasteiger partial charge >= 0.3 is 0 Å². The van der Waals surface area contributed by atoms with Crippen LogP contribution in [0.4, 0.5) is 5.69 Å². The number of hydrogen-bond acceptors (Lipinski definition) is 4. The standard InChI is InChI=1S/C14H7Cl2N3O2/c15-10-1-2-11(13(7-10)19(20)21)14(16)12(8-17)9-3-5-18-6-4-9/h1-7H/b14-12+. The molecule has 0 unspecified atom stereocenters. The lowest BCUT2D eigenvalue weighted by atomic mass is 10.0. The maximum atomic E-state index is 11.1. The second kappa shape index (κ2) is 6.35. The van der Waals surface area contributed by atoms with E-state index in [0.29, 0.717) is 5.56 Å². The summed E-state index contributed by atoms with van der Waals surface area (Å²) in [6, 6.07) is 9.25. The van der Waals surface area contributed by atoms with Crippen molar-refractivity contribution in [3.05, 3.63) is 69.0 Å². The van der Waals surface area contributed by atoms with Crippen LogP contribution in [0.3, 0.4) is 0 Å². The number of nitriles is 1. The molecule has 7 heteroatoms. The quantitative estimate of drug-likeness (QED) is 0.480. The third-order valence-electron chi connectivity index (χ3n) is 2.69. The summed E-state index contributed by atoms with van der Waals surface area (Å²) < 4.78 is 0. The van der Waals surface area contributed by atoms with Crippen LogP contribution in [0.25, 0.3) is 10.6 Å². The summed E-state index contributed by atoms with van der Waals surface area (Å²) in [4.78, 5) is 14.4. The van der Waals surface area contributed by atoms with E-state index in [2.05, 4.69) is 4.98 Å². The van der Waals surface area contributed by atoms with Crippen LogP contribution in [-0.4, -0.2) is 9.91 Å². The van der Waals surface area contributed by atoms with Crippen LogP contribution in [0.15, 0.2) is 42.7 Å². The monoisotopic (exact) mass is 319 g/mol. The molecule has 0 aliphatic carbocycles. The highest BCUT2D eigenvalue weighted by Crippen LogP contribution is 2.35. The van der Waals surface area contributed by atoms with Gasteiger partial charge in [0.05, 0.1) is 21.1 Å². The molecule has 0 fully saturated rings. The van der Waals surface area contributed by atoms with Crippen molar-refractivity contribution in [1.29, 1.82) is 5.26 Å². The van der Waals surface area contributed by atoms with E-state index in [9.17, 15) is 15.4 Å². The molecular formula is C14H7Cl2N3O2. The highest BCUT2D eigenvalue weighted by Gasteiger charge is 2.20. The second-order valence-corrected chi connectivity index (χ2v) is 4.77. The minimum atomic E-state index is -0.592. The molecule has 0 bridgehead atoms. The van der Waals surface area contributed by atoms with Crippen molar-refractivity contribution in [3.8, 4) is 6.07 Å². The molecule has 0 aliphatic rings. The molecule has 2 aromatic rings. The predicted molar refractivity (Wildman–Crippen MR) is 80.6 cm³/mol. The topological polar surface area (TPSA) is 79.8 Å². The zero-order valence-corrected chi connectivity index (χ0v) is 12.0. The van der Waals surface area contributed by atoms with Crippen LogP contribution < -0.4 is 0 Å². The van der Waals surface area contributed by atoms with Gasteiger partial charge in [-0.05, 0) is 29.8 Å². The van der Waals surface area contributed by atoms with Gasteiger partial charge in [0.1, 0.15) is 6.07 Å². The molecule has 1 aromatic carbocycles. The Kier molecular flexibility index (Phi) is 4.53. The zero-order valence-electron chi connectivity index (χ0n) is 10.5. The van der Waals surface area contributed by atoms with Crippen molar-refractivity contribution >= 4 is 39.5 Å². The van der Waals surface area contributed by atoms with Crippen molar-refractivity contribution in [3.63, 3.8) is 0 Å². The minimum absolute atomic E-state index is 0.00735. The SMILES string of the molecule is N#C/C(=C(\Cl)c1ccc(Cl)cc1[N+](=O)[O-])c1ccncc1. The largest absolute Gasteiger partial charge is 0.279 e. The lowest BCUT2D eigenvalue weighted by Crippen LogP contribution is -1.95. The van der Waals surface area contributed by atoms with Crippen molar-refractivity contribution in [2.24, 2.45) is 0 Å². The van der Waals surface area contributed by atoms with Crippen molar-refractivity contribution in [2.75, 3.05) is 0 Å². The summed E-state index contributed by atoms with van der Waals surface area (Å²) in [6.45, 7) is 0. The molecule has 1 heterocycles. The fourth-order valence-corrected chi connectivity index (χ4v) is 2.21. The molecule has 0 saturated carbocycles. The first kappa shape index (κ1) is 15.0. The van der Waals surface area contributed by atoms with Crippen LogP contribution in [0.1, 0.15) is 11.1 Å². The Bertz CT molecular complexity index is 768. The van der Waals surface area contributed by atoms with Crippen molar-refractivity contribution < 1.29 is 4.92 Å². The van der Waals surface area contributed by atoms with Crippen LogP contribution in [0, 0.1) is 21.4 Å². The van der Waals surface area contributed by atoms with E-state index in [1.54, 1.807) is 12.1 Å². The first-order valence-corrected chi connectivity index (χ1v) is 6.44. The van der Waals surface area contributed by atoms with E-state index in [4.69, 9.17) is 23.2 Å². The van der Waals surface area contributed by atoms with Gasteiger partial charge in [0.15, 0.2) is 0 Å². The predicted octanol–water partition coefficient (Wildman–Crippen LogP) is 4.27. The van der Waals surface area contributed by atoms with Gasteiger partial charge in [-0.1, -0.05) is 23.2 Å². The third-order valence-corrected chi connectivity index (χ3v) is 3.32. The molecule has 5 nitrogen and oxygen atoms in total. The van der Waals surface area contributed by atoms with Crippen LogP contribution in [0.2, 0.25) is 5.02 Å². The fraction of sp³-hybridized carbons (Fsp3) is 0. The van der Waals surface area contributed by atoms with Crippen molar-refractivity contribution in [1.82, 2.24) is 4.98 Å². The minimum Gasteiger partial charge on any atom is -0.265 e. The van der Waals surface area contributed by atoms with Gasteiger partial charge in [-0.2, -0.15) is 5.26 Å². The van der Waals surface area contributed by atoms with Gasteiger partial charge in [0.2, 0.25) is 0 Å². The molecule has 0 spiro atoms. The average Bonchev–Trinajstić information content (AvgIpc) is 2.48. The molecule has 0 amide bonds. The molecule has 21 heavy (non-hydrogen) atoms. The number of allylic oxidation sites excluding steroid dienone is 1. The molecular weight excluding hydrogens is 313 g/mol. The van der Waals surface area contributed by atoms with Crippen LogP contribution in [0.5, 0.6) is 0 Å². The molecule has 0 radical (unpaired) electrons. The Hall–Kier alpha value is -2.42. The summed E-state index contributed by atoms with van der Waals surface area (Å²) in [7, 11) is 0. The number of halogens is 2. The Morgan fingerprint density at radius 3 is 2.52 bits per heavy atom. The van der Waals surface area contributed by atoms with Gasteiger partial charge in [-0.3, -0.25) is 15.1 Å². The Morgan fingerprint density at radius 2 is 1.95 bits per heavy atom. The summed E-state index contributed by atoms with van der Waals surface area (Å²) in [5.74, 6) is 0. The van der Waals surface area contributed by atoms with E-state index in [1.165, 1.54) is 30.6 Å². The molecule has 0 N–H and O–H groups in total. The summed E-state index contributed by atoms with van der Waals surface area (Å²) in [5, 5.41) is 20.6. The second-order valence-electron chi connectivity index (χ2n) is 3.96. The summed E-state index contributed by atoms with van der Waals surface area (Å²) >= 11 is 12.0. The highest BCUT2D eigenvalue weighted by atomic mass is 35.5. The Morgan fingerprint density at radius 1 is 1.29 bits per heavy atom. The molecule has 1 aromatic heterocycles. The lowest BCUT2D eigenvalue weighted by Gasteiger charge is -2.05. The van der Waals surface area contributed by atoms with E-state index >= 15 is 0 Å². The summed E-state index contributed by atoms with van der Waals surface area (Å²) in [6.07, 6.45) is 3.01. The maximum Gasteiger partial charge on any atom is 0.279 e. The Balaban J connectivity index is 2.68. The third kappa shape index (κ3) is 3.19. The molecule has 0 atom stereocenters. The van der Waals surface area contributed by atoms with Crippen molar-refractivity contribution in [2.45, 2.75) is 0 Å². The zero-order chi connectivity index (χ0) is 15.4. The van der Waals surface area contributed by atoms with Gasteiger partial charge in [-0.15, -0.1) is 0 Å². The van der Waals surface area contributed by atoms with Crippen LogP contribution >= 0.6 is 23.2 Å². The first-order chi connectivity index (χ1) is 10.0. The number of aromatic nitrogens is 1. The number of hydrogen-bond donors (Lipinski definition) is 0. The smallest absolute Gasteiger partial charge is 0.265 e. The number of rotatable bonds is 3. The number of benzene rings is 1.